The Morgan fingerprint density at radius 1 is 0.953 bits per heavy atom. The molecule has 0 saturated heterocycles. The third-order valence-electron chi connectivity index (χ3n) is 7.09. The van der Waals surface area contributed by atoms with Gasteiger partial charge in [-0.05, 0) is 55.3 Å². The van der Waals surface area contributed by atoms with E-state index in [1.54, 1.807) is 51.3 Å². The van der Waals surface area contributed by atoms with Crippen LogP contribution in [0.15, 0.2) is 78.1 Å². The molecule has 3 aromatic carbocycles. The van der Waals surface area contributed by atoms with Gasteiger partial charge >= 0.3 is 0 Å². The highest BCUT2D eigenvalue weighted by molar-refractivity contribution is 7.22. The number of rotatable bonds is 9. The predicted molar refractivity (Wildman–Crippen MR) is 166 cm³/mol. The van der Waals surface area contributed by atoms with Crippen molar-refractivity contribution >= 4 is 49.7 Å². The zero-order chi connectivity index (χ0) is 30.2. The minimum Gasteiger partial charge on any atom is -0.503 e. The molecule has 9 nitrogen and oxygen atoms in total. The van der Waals surface area contributed by atoms with Crippen LogP contribution in [0, 0.1) is 13.8 Å². The van der Waals surface area contributed by atoms with Gasteiger partial charge in [0.05, 0.1) is 51.6 Å². The van der Waals surface area contributed by atoms with Crippen LogP contribution in [0.4, 0.5) is 5.13 Å². The average molecular weight is 614 g/mol. The van der Waals surface area contributed by atoms with E-state index in [9.17, 15) is 14.7 Å². The van der Waals surface area contributed by atoms with Gasteiger partial charge in [-0.1, -0.05) is 47.7 Å². The summed E-state index contributed by atoms with van der Waals surface area (Å²) in [5, 5.41) is 12.3. The van der Waals surface area contributed by atoms with Crippen LogP contribution >= 0.6 is 22.7 Å². The van der Waals surface area contributed by atoms with Gasteiger partial charge in [0.2, 0.25) is 5.78 Å². The molecule has 0 bridgehead atoms. The number of hydrogen-bond donors (Lipinski definition) is 1. The monoisotopic (exact) mass is 613 g/mol. The Labute approximate surface area is 255 Å². The van der Waals surface area contributed by atoms with Crippen LogP contribution in [0.2, 0.25) is 0 Å². The quantitative estimate of drug-likeness (QED) is 0.182. The largest absolute Gasteiger partial charge is 0.503 e. The van der Waals surface area contributed by atoms with Crippen molar-refractivity contribution < 1.29 is 28.9 Å². The SMILES string of the molecule is COc1ccc2nc(N3C(=O)C(O)=C(C(=O)c4sc(C)nc4C)C3c3ccc(OCc4ccccc4)c(OC)c3)sc2c1. The van der Waals surface area contributed by atoms with Crippen molar-refractivity contribution in [3.63, 3.8) is 0 Å². The first-order valence-corrected chi connectivity index (χ1v) is 15.0. The summed E-state index contributed by atoms with van der Waals surface area (Å²) in [5.41, 5.74) is 2.67. The third-order valence-corrected chi connectivity index (χ3v) is 9.18. The molecular weight excluding hydrogens is 587 g/mol. The second kappa shape index (κ2) is 11.5. The van der Waals surface area contributed by atoms with Crippen molar-refractivity contribution in [2.45, 2.75) is 26.5 Å². The highest BCUT2D eigenvalue weighted by Gasteiger charge is 2.46. The first kappa shape index (κ1) is 28.4. The zero-order valence-corrected chi connectivity index (χ0v) is 25.4. The molecule has 1 unspecified atom stereocenters. The lowest BCUT2D eigenvalue weighted by Crippen LogP contribution is -2.31. The summed E-state index contributed by atoms with van der Waals surface area (Å²) >= 11 is 2.49. The number of amides is 1. The van der Waals surface area contributed by atoms with E-state index in [-0.39, 0.29) is 5.57 Å². The normalized spacial score (nSPS) is 14.9. The maximum Gasteiger partial charge on any atom is 0.296 e. The Morgan fingerprint density at radius 3 is 2.44 bits per heavy atom. The first-order valence-electron chi connectivity index (χ1n) is 13.3. The molecule has 1 amide bonds. The van der Waals surface area contributed by atoms with E-state index in [2.05, 4.69) is 4.98 Å². The molecule has 43 heavy (non-hydrogen) atoms. The number of aliphatic hydroxyl groups excluding tert-OH is 1. The van der Waals surface area contributed by atoms with E-state index in [4.69, 9.17) is 19.2 Å². The van der Waals surface area contributed by atoms with E-state index < -0.39 is 23.5 Å². The van der Waals surface area contributed by atoms with E-state index in [0.717, 1.165) is 10.3 Å². The molecule has 1 atom stereocenters. The zero-order valence-electron chi connectivity index (χ0n) is 23.8. The van der Waals surface area contributed by atoms with Crippen molar-refractivity contribution in [3.8, 4) is 17.2 Å². The molecule has 0 spiro atoms. The van der Waals surface area contributed by atoms with Gasteiger partial charge in [0.25, 0.3) is 5.91 Å². The Morgan fingerprint density at radius 2 is 1.74 bits per heavy atom. The fourth-order valence-corrected chi connectivity index (χ4v) is 6.94. The fourth-order valence-electron chi connectivity index (χ4n) is 5.05. The van der Waals surface area contributed by atoms with E-state index in [1.165, 1.54) is 34.7 Å². The number of ketones is 1. The maximum absolute atomic E-state index is 14.0. The Bertz CT molecular complexity index is 1900. The van der Waals surface area contributed by atoms with Gasteiger partial charge in [-0.2, -0.15) is 0 Å². The van der Waals surface area contributed by atoms with Crippen molar-refractivity contribution in [1.82, 2.24) is 9.97 Å². The molecular formula is C32H27N3O6S2. The molecule has 1 aliphatic heterocycles. The number of anilines is 1. The maximum atomic E-state index is 14.0. The summed E-state index contributed by atoms with van der Waals surface area (Å²) < 4.78 is 17.9. The van der Waals surface area contributed by atoms with Crippen molar-refractivity contribution in [2.24, 2.45) is 0 Å². The van der Waals surface area contributed by atoms with Crippen molar-refractivity contribution in [1.29, 1.82) is 0 Å². The van der Waals surface area contributed by atoms with Crippen LogP contribution in [0.5, 0.6) is 17.2 Å². The molecule has 0 aliphatic carbocycles. The van der Waals surface area contributed by atoms with Gasteiger partial charge in [0.15, 0.2) is 22.4 Å². The molecule has 0 saturated carbocycles. The number of aryl methyl sites for hydroxylation is 2. The number of carbonyl (C=O) groups is 2. The van der Waals surface area contributed by atoms with Gasteiger partial charge in [-0.25, -0.2) is 9.97 Å². The lowest BCUT2D eigenvalue weighted by Gasteiger charge is -2.25. The first-order chi connectivity index (χ1) is 20.8. The number of aromatic nitrogens is 2. The minimum absolute atomic E-state index is 0.0476. The van der Waals surface area contributed by atoms with E-state index in [1.807, 2.05) is 36.4 Å². The van der Waals surface area contributed by atoms with Crippen LogP contribution in [-0.4, -0.2) is 41.0 Å². The predicted octanol–water partition coefficient (Wildman–Crippen LogP) is 6.75. The van der Waals surface area contributed by atoms with Crippen LogP contribution < -0.4 is 19.1 Å². The summed E-state index contributed by atoms with van der Waals surface area (Å²) in [4.78, 5) is 38.6. The molecule has 6 rings (SSSR count). The Kier molecular flexibility index (Phi) is 7.59. The van der Waals surface area contributed by atoms with Crippen LogP contribution in [0.3, 0.4) is 0 Å². The standard InChI is InChI=1S/C32H27N3O6S2/c1-17-30(42-18(2)33-17)28(36)26-27(20-10-13-23(24(14-20)40-4)41-16-19-8-6-5-7-9-19)35(31(38)29(26)37)32-34-22-12-11-21(39-3)15-25(22)43-32/h5-15,27,37H,16H2,1-4H3. The summed E-state index contributed by atoms with van der Waals surface area (Å²) in [7, 11) is 3.10. The Balaban J connectivity index is 1.45. The lowest BCUT2D eigenvalue weighted by molar-refractivity contribution is -0.117. The number of thiazole rings is 2. The lowest BCUT2D eigenvalue weighted by atomic mass is 9.95. The number of fused-ring (bicyclic) bond motifs is 1. The second-order valence-electron chi connectivity index (χ2n) is 9.83. The highest BCUT2D eigenvalue weighted by Crippen LogP contribution is 2.46. The number of aliphatic hydroxyl groups is 1. The summed E-state index contributed by atoms with van der Waals surface area (Å²) in [6.07, 6.45) is 0. The van der Waals surface area contributed by atoms with Crippen molar-refractivity contribution in [2.75, 3.05) is 19.1 Å². The molecule has 0 radical (unpaired) electrons. The number of nitrogens with zero attached hydrogens (tertiary/aromatic N) is 3. The molecule has 1 N–H and O–H groups in total. The van der Waals surface area contributed by atoms with Crippen LogP contribution in [0.25, 0.3) is 10.2 Å². The van der Waals surface area contributed by atoms with Gasteiger partial charge in [0, 0.05) is 0 Å². The molecule has 3 heterocycles. The molecule has 218 valence electrons. The molecule has 11 heteroatoms. The third kappa shape index (κ3) is 5.21. The second-order valence-corrected chi connectivity index (χ2v) is 12.0. The number of Topliss-reactive ketones (excluding diaryl/α,β-unsaturated/α-hetero) is 1. The number of hydrogen-bond acceptors (Lipinski definition) is 10. The van der Waals surface area contributed by atoms with E-state index in [0.29, 0.717) is 55.6 Å². The summed E-state index contributed by atoms with van der Waals surface area (Å²) in [5.74, 6) is -0.253. The topological polar surface area (TPSA) is 111 Å². The van der Waals surface area contributed by atoms with E-state index >= 15 is 0 Å². The smallest absolute Gasteiger partial charge is 0.296 e. The molecule has 2 aromatic heterocycles. The van der Waals surface area contributed by atoms with Gasteiger partial charge in [0.1, 0.15) is 12.4 Å². The molecule has 5 aromatic rings. The van der Waals surface area contributed by atoms with Gasteiger partial charge in [-0.15, -0.1) is 11.3 Å². The number of methoxy groups -OCH3 is 2. The highest BCUT2D eigenvalue weighted by atomic mass is 32.1. The Hall–Kier alpha value is -4.74. The van der Waals surface area contributed by atoms with Gasteiger partial charge < -0.3 is 19.3 Å². The number of benzene rings is 3. The fraction of sp³-hybridized carbons (Fsp3) is 0.188. The molecule has 0 fully saturated rings. The summed E-state index contributed by atoms with van der Waals surface area (Å²) in [6, 6.07) is 19.4. The van der Waals surface area contributed by atoms with Crippen molar-refractivity contribution in [3.05, 3.63) is 105 Å². The van der Waals surface area contributed by atoms with Gasteiger partial charge in [-0.3, -0.25) is 14.5 Å². The minimum atomic E-state index is -0.985. The molecule has 1 aliphatic rings. The number of ether oxygens (including phenoxy) is 3. The summed E-state index contributed by atoms with van der Waals surface area (Å²) in [6.45, 7) is 3.87. The van der Waals surface area contributed by atoms with Crippen LogP contribution in [0.1, 0.15) is 37.5 Å². The number of carbonyl (C=O) groups excluding carboxylic acids is 2. The average Bonchev–Trinajstić information content (AvgIpc) is 3.67. The van der Waals surface area contributed by atoms with Crippen LogP contribution in [-0.2, 0) is 11.4 Å².